The van der Waals surface area contributed by atoms with E-state index in [1.807, 2.05) is 24.3 Å². The number of nitrogens with zero attached hydrogens (tertiary/aromatic N) is 2. The molecule has 4 nitrogen and oxygen atoms in total. The molecule has 4 aliphatic carbocycles. The monoisotopic (exact) mass is 524 g/mol. The van der Waals surface area contributed by atoms with Crippen molar-refractivity contribution in [2.45, 2.75) is 71.8 Å². The summed E-state index contributed by atoms with van der Waals surface area (Å²) in [5, 5.41) is 7.80. The first kappa shape index (κ1) is 24.4. The first-order chi connectivity index (χ1) is 17.1. The molecule has 7 atom stereocenters. The van der Waals surface area contributed by atoms with E-state index >= 15 is 0 Å². The Morgan fingerprint density at radius 1 is 1.08 bits per heavy atom. The molecule has 3 fully saturated rings. The highest BCUT2D eigenvalue weighted by Crippen LogP contribution is 2.67. The largest absolute Gasteiger partial charge is 0.288 e. The van der Waals surface area contributed by atoms with Crippen molar-refractivity contribution in [3.63, 3.8) is 0 Å². The summed E-state index contributed by atoms with van der Waals surface area (Å²) in [7, 11) is 0. The SMILES string of the molecule is CC(=O)N1N=C(C2CCC3C4CCC5=C(Cl)C(=O)C=C[C@]5(C)C4CC[C@]23C)CC1c1ccccc1Cl. The lowest BCUT2D eigenvalue weighted by molar-refractivity contribution is -0.130. The van der Waals surface area contributed by atoms with E-state index in [0.717, 1.165) is 49.7 Å². The Bertz CT molecular complexity index is 1240. The Morgan fingerprint density at radius 2 is 1.86 bits per heavy atom. The van der Waals surface area contributed by atoms with Crippen molar-refractivity contribution in [2.75, 3.05) is 0 Å². The molecule has 3 saturated carbocycles. The second kappa shape index (κ2) is 8.56. The molecule has 0 aromatic heterocycles. The number of carbonyl (C=O) groups excluding carboxylic acids is 2. The minimum atomic E-state index is -0.126. The first-order valence-corrected chi connectivity index (χ1v) is 14.1. The van der Waals surface area contributed by atoms with Crippen molar-refractivity contribution in [3.8, 4) is 0 Å². The van der Waals surface area contributed by atoms with E-state index < -0.39 is 0 Å². The number of carbonyl (C=O) groups is 2. The van der Waals surface area contributed by atoms with Gasteiger partial charge in [-0.1, -0.05) is 61.3 Å². The second-order valence-electron chi connectivity index (χ2n) is 12.1. The maximum absolute atomic E-state index is 12.6. The Kier molecular flexibility index (Phi) is 5.81. The molecule has 0 saturated heterocycles. The van der Waals surface area contributed by atoms with Gasteiger partial charge in [-0.15, -0.1) is 0 Å². The van der Waals surface area contributed by atoms with Crippen LogP contribution in [0.1, 0.15) is 77.3 Å². The molecule has 0 N–H and O–H groups in total. The van der Waals surface area contributed by atoms with Gasteiger partial charge >= 0.3 is 0 Å². The van der Waals surface area contributed by atoms with Gasteiger partial charge in [-0.2, -0.15) is 5.10 Å². The Morgan fingerprint density at radius 3 is 2.61 bits per heavy atom. The zero-order valence-electron chi connectivity index (χ0n) is 21.3. The minimum Gasteiger partial charge on any atom is -0.288 e. The predicted octanol–water partition coefficient (Wildman–Crippen LogP) is 7.48. The lowest BCUT2D eigenvalue weighted by Crippen LogP contribution is -2.50. The highest BCUT2D eigenvalue weighted by atomic mass is 35.5. The number of allylic oxidation sites excluding steroid dienone is 4. The highest BCUT2D eigenvalue weighted by Gasteiger charge is 2.60. The summed E-state index contributed by atoms with van der Waals surface area (Å²) in [4.78, 5) is 24.9. The van der Waals surface area contributed by atoms with E-state index in [0.29, 0.717) is 33.7 Å². The molecule has 1 aromatic rings. The molecule has 36 heavy (non-hydrogen) atoms. The van der Waals surface area contributed by atoms with Gasteiger partial charge < -0.3 is 0 Å². The first-order valence-electron chi connectivity index (χ1n) is 13.4. The number of hydrogen-bond acceptors (Lipinski definition) is 3. The molecule has 1 aliphatic heterocycles. The van der Waals surface area contributed by atoms with Crippen LogP contribution in [0.15, 0.2) is 52.1 Å². The summed E-state index contributed by atoms with van der Waals surface area (Å²) >= 11 is 13.1. The molecule has 5 aliphatic rings. The molecular weight excluding hydrogens is 491 g/mol. The van der Waals surface area contributed by atoms with Crippen LogP contribution < -0.4 is 0 Å². The fourth-order valence-electron chi connectivity index (χ4n) is 8.85. The van der Waals surface area contributed by atoms with Crippen molar-refractivity contribution in [2.24, 2.45) is 39.6 Å². The Balaban J connectivity index is 1.29. The topological polar surface area (TPSA) is 49.7 Å². The van der Waals surface area contributed by atoms with E-state index in [9.17, 15) is 9.59 Å². The van der Waals surface area contributed by atoms with Crippen LogP contribution in [0.2, 0.25) is 5.02 Å². The van der Waals surface area contributed by atoms with Crippen LogP contribution in [-0.2, 0) is 9.59 Å². The molecule has 1 amide bonds. The van der Waals surface area contributed by atoms with Gasteiger partial charge in [0.1, 0.15) is 0 Å². The van der Waals surface area contributed by atoms with Crippen LogP contribution in [0, 0.1) is 34.5 Å². The van der Waals surface area contributed by atoms with E-state index in [1.54, 1.807) is 18.0 Å². The third-order valence-corrected chi connectivity index (χ3v) is 11.3. The predicted molar refractivity (Wildman–Crippen MR) is 144 cm³/mol. The van der Waals surface area contributed by atoms with Crippen LogP contribution in [0.5, 0.6) is 0 Å². The minimum absolute atomic E-state index is 0.0339. The van der Waals surface area contributed by atoms with Gasteiger partial charge in [0.05, 0.1) is 11.1 Å². The standard InChI is InChI=1S/C30H34Cl2N2O2/c1-17(35)34-26(19-6-4-5-7-24(19)31)16-25(33-34)22-11-10-20-18-8-9-23-28(32)27(36)13-15-30(23,3)21(18)12-14-29(20,22)2/h4-7,13,15,18,20-22,26H,8-12,14,16H2,1-3H3/t18?,20?,21?,22?,26?,29-,30+/m0/s1. The molecule has 0 radical (unpaired) electrons. The van der Waals surface area contributed by atoms with E-state index in [2.05, 4.69) is 19.9 Å². The lowest BCUT2D eigenvalue weighted by atomic mass is 9.47. The summed E-state index contributed by atoms with van der Waals surface area (Å²) < 4.78 is 0. The summed E-state index contributed by atoms with van der Waals surface area (Å²) in [5.41, 5.74) is 3.38. The fourth-order valence-corrected chi connectivity index (χ4v) is 9.47. The van der Waals surface area contributed by atoms with Gasteiger partial charge in [0.25, 0.3) is 0 Å². The van der Waals surface area contributed by atoms with Crippen LogP contribution in [0.25, 0.3) is 0 Å². The molecule has 6 heteroatoms. The molecule has 1 heterocycles. The summed E-state index contributed by atoms with van der Waals surface area (Å²) in [6.45, 7) is 6.39. The van der Waals surface area contributed by atoms with Crippen LogP contribution in [0.3, 0.4) is 0 Å². The third kappa shape index (κ3) is 3.43. The van der Waals surface area contributed by atoms with Crippen molar-refractivity contribution >= 4 is 40.6 Å². The number of rotatable bonds is 2. The lowest BCUT2D eigenvalue weighted by Gasteiger charge is -2.57. The van der Waals surface area contributed by atoms with Crippen LogP contribution in [-0.4, -0.2) is 22.4 Å². The fraction of sp³-hybridized carbons (Fsp3) is 0.567. The molecule has 0 spiro atoms. The average Bonchev–Trinajstić information content (AvgIpc) is 3.43. The molecule has 0 bridgehead atoms. The van der Waals surface area contributed by atoms with E-state index in [1.165, 1.54) is 12.1 Å². The number of ketones is 1. The maximum Gasteiger partial charge on any atom is 0.240 e. The van der Waals surface area contributed by atoms with Crippen LogP contribution >= 0.6 is 23.2 Å². The van der Waals surface area contributed by atoms with Crippen LogP contribution in [0.4, 0.5) is 0 Å². The zero-order valence-corrected chi connectivity index (χ0v) is 22.8. The quantitative estimate of drug-likeness (QED) is 0.402. The second-order valence-corrected chi connectivity index (χ2v) is 12.8. The van der Waals surface area contributed by atoms with Gasteiger partial charge in [-0.25, -0.2) is 5.01 Å². The average molecular weight is 526 g/mol. The molecular formula is C30H34Cl2N2O2. The smallest absolute Gasteiger partial charge is 0.240 e. The molecule has 5 unspecified atom stereocenters. The van der Waals surface area contributed by atoms with Gasteiger partial charge in [-0.3, -0.25) is 9.59 Å². The third-order valence-electron chi connectivity index (χ3n) is 10.6. The van der Waals surface area contributed by atoms with Crippen molar-refractivity contribution < 1.29 is 9.59 Å². The van der Waals surface area contributed by atoms with Gasteiger partial charge in [0, 0.05) is 35.4 Å². The Hall–Kier alpha value is -1.91. The van der Waals surface area contributed by atoms with Crippen molar-refractivity contribution in [3.05, 3.63) is 57.6 Å². The number of amides is 1. The van der Waals surface area contributed by atoms with Gasteiger partial charge in [0.2, 0.25) is 5.91 Å². The Labute approximate surface area is 223 Å². The van der Waals surface area contributed by atoms with E-state index in [-0.39, 0.29) is 28.6 Å². The van der Waals surface area contributed by atoms with E-state index in [4.69, 9.17) is 28.3 Å². The normalized spacial score (nSPS) is 39.6. The summed E-state index contributed by atoms with van der Waals surface area (Å²) in [5.74, 6) is 2.08. The van der Waals surface area contributed by atoms with Crippen molar-refractivity contribution in [1.82, 2.24) is 5.01 Å². The highest BCUT2D eigenvalue weighted by molar-refractivity contribution is 6.45. The molecule has 1 aromatic carbocycles. The maximum atomic E-state index is 12.6. The summed E-state index contributed by atoms with van der Waals surface area (Å²) in [6.07, 6.45) is 11.2. The number of halogens is 2. The van der Waals surface area contributed by atoms with Gasteiger partial charge in [-0.05, 0) is 85.0 Å². The number of hydrazone groups is 1. The molecule has 190 valence electrons. The van der Waals surface area contributed by atoms with Crippen molar-refractivity contribution in [1.29, 1.82) is 0 Å². The number of benzene rings is 1. The zero-order chi connectivity index (χ0) is 25.4. The van der Waals surface area contributed by atoms with Gasteiger partial charge in [0.15, 0.2) is 5.78 Å². The molecule has 6 rings (SSSR count). The number of fused-ring (bicyclic) bond motifs is 5. The number of hydrogen-bond donors (Lipinski definition) is 0. The summed E-state index contributed by atoms with van der Waals surface area (Å²) in [6, 6.07) is 7.70.